The molecule has 27 heavy (non-hydrogen) atoms. The van der Waals surface area contributed by atoms with Gasteiger partial charge in [-0.1, -0.05) is 19.9 Å². The summed E-state index contributed by atoms with van der Waals surface area (Å²) in [7, 11) is 0. The van der Waals surface area contributed by atoms with Gasteiger partial charge in [-0.25, -0.2) is 8.78 Å². The van der Waals surface area contributed by atoms with E-state index in [2.05, 4.69) is 0 Å². The van der Waals surface area contributed by atoms with E-state index < -0.39 is 34.7 Å². The molecule has 9 atom stereocenters. The summed E-state index contributed by atoms with van der Waals surface area (Å²) in [4.78, 5) is 24.1. The number of allylic oxidation sites excluding steroid dienone is 4. The first kappa shape index (κ1) is 19.0. The van der Waals surface area contributed by atoms with Gasteiger partial charge in [0.1, 0.15) is 12.0 Å². The van der Waals surface area contributed by atoms with Crippen molar-refractivity contribution in [3.8, 4) is 0 Å². The molecule has 0 amide bonds. The molecule has 4 aliphatic rings. The topological polar surface area (TPSA) is 54.4 Å². The molecule has 0 saturated heterocycles. The molecule has 0 radical (unpaired) electrons. The molecule has 4 aliphatic carbocycles. The van der Waals surface area contributed by atoms with Crippen molar-refractivity contribution in [2.45, 2.75) is 64.9 Å². The maximum atomic E-state index is 16.8. The second kappa shape index (κ2) is 5.59. The van der Waals surface area contributed by atoms with Crippen LogP contribution in [0.4, 0.5) is 8.78 Å². The summed E-state index contributed by atoms with van der Waals surface area (Å²) < 4.78 is 32.0. The van der Waals surface area contributed by atoms with Gasteiger partial charge in [0.15, 0.2) is 11.5 Å². The van der Waals surface area contributed by atoms with Crippen LogP contribution in [0.2, 0.25) is 0 Å². The number of aliphatic hydroxyl groups is 1. The number of halogens is 2. The number of rotatable bonds is 1. The lowest BCUT2D eigenvalue weighted by molar-refractivity contribution is -0.201. The zero-order valence-corrected chi connectivity index (χ0v) is 16.3. The molecule has 0 aliphatic heterocycles. The second-order valence-electron chi connectivity index (χ2n) is 9.75. The normalized spacial score (nSPS) is 54.0. The van der Waals surface area contributed by atoms with Crippen molar-refractivity contribution in [2.24, 2.45) is 34.5 Å². The summed E-state index contributed by atoms with van der Waals surface area (Å²) in [5.74, 6) is -1.29. The minimum Gasteiger partial charge on any atom is -0.390 e. The number of fused-ring (bicyclic) bond motifs is 5. The van der Waals surface area contributed by atoms with Crippen molar-refractivity contribution < 1.29 is 23.5 Å². The lowest BCUT2D eigenvalue weighted by atomic mass is 9.45. The van der Waals surface area contributed by atoms with E-state index in [0.717, 1.165) is 0 Å². The first-order valence-corrected chi connectivity index (χ1v) is 9.93. The van der Waals surface area contributed by atoms with E-state index in [1.165, 1.54) is 18.2 Å². The predicted octanol–water partition coefficient (Wildman–Crippen LogP) is 3.76. The second-order valence-corrected chi connectivity index (χ2v) is 9.75. The zero-order chi connectivity index (χ0) is 19.9. The Bertz CT molecular complexity index is 774. The van der Waals surface area contributed by atoms with Gasteiger partial charge in [-0.05, 0) is 68.1 Å². The first-order valence-electron chi connectivity index (χ1n) is 9.93. The highest BCUT2D eigenvalue weighted by Gasteiger charge is 2.72. The van der Waals surface area contributed by atoms with Crippen LogP contribution < -0.4 is 0 Å². The Morgan fingerprint density at radius 1 is 1.26 bits per heavy atom. The van der Waals surface area contributed by atoms with Crippen molar-refractivity contribution in [1.29, 1.82) is 0 Å². The lowest BCUT2D eigenvalue weighted by Gasteiger charge is -2.62. The molecular formula is C22H28F2O3. The SMILES string of the molecule is CC(=O)[C@H]1C(C)C[C@H]2[C@@H]3CC(F)C4=CC(=O)C=C[C@]4(C)[C@@]3(F)C(O)C[C@]12C. The van der Waals surface area contributed by atoms with E-state index in [1.807, 2.05) is 13.8 Å². The van der Waals surface area contributed by atoms with Crippen LogP contribution in [0, 0.1) is 34.5 Å². The Kier molecular flexibility index (Phi) is 3.93. The molecule has 5 heteroatoms. The van der Waals surface area contributed by atoms with E-state index >= 15 is 8.78 Å². The number of carbonyl (C=O) groups is 2. The maximum Gasteiger partial charge on any atom is 0.178 e. The van der Waals surface area contributed by atoms with E-state index in [0.29, 0.717) is 6.42 Å². The van der Waals surface area contributed by atoms with Crippen molar-refractivity contribution in [3.05, 3.63) is 23.8 Å². The van der Waals surface area contributed by atoms with Crippen LogP contribution in [0.3, 0.4) is 0 Å². The maximum absolute atomic E-state index is 16.8. The van der Waals surface area contributed by atoms with E-state index in [1.54, 1.807) is 13.8 Å². The molecule has 0 spiro atoms. The molecule has 148 valence electrons. The van der Waals surface area contributed by atoms with Crippen LogP contribution in [-0.4, -0.2) is 34.6 Å². The zero-order valence-electron chi connectivity index (χ0n) is 16.3. The van der Waals surface area contributed by atoms with Gasteiger partial charge in [-0.3, -0.25) is 9.59 Å². The Hall–Kier alpha value is -1.36. The van der Waals surface area contributed by atoms with Gasteiger partial charge >= 0.3 is 0 Å². The molecule has 0 aromatic carbocycles. The fraction of sp³-hybridized carbons (Fsp3) is 0.727. The average Bonchev–Trinajstić information content (AvgIpc) is 2.82. The first-order chi connectivity index (χ1) is 12.5. The summed E-state index contributed by atoms with van der Waals surface area (Å²) >= 11 is 0. The highest BCUT2D eigenvalue weighted by Crippen LogP contribution is 2.70. The number of ketones is 2. The molecule has 3 fully saturated rings. The van der Waals surface area contributed by atoms with Gasteiger partial charge < -0.3 is 5.11 Å². The van der Waals surface area contributed by atoms with Crippen molar-refractivity contribution in [3.63, 3.8) is 0 Å². The molecule has 0 aromatic rings. The van der Waals surface area contributed by atoms with Gasteiger partial charge in [-0.15, -0.1) is 0 Å². The van der Waals surface area contributed by atoms with Gasteiger partial charge in [0.05, 0.1) is 6.10 Å². The largest absolute Gasteiger partial charge is 0.390 e. The van der Waals surface area contributed by atoms with Crippen LogP contribution in [0.25, 0.3) is 0 Å². The molecule has 0 aromatic heterocycles. The average molecular weight is 378 g/mol. The van der Waals surface area contributed by atoms with Crippen LogP contribution >= 0.6 is 0 Å². The van der Waals surface area contributed by atoms with Crippen LogP contribution in [0.15, 0.2) is 23.8 Å². The quantitative estimate of drug-likeness (QED) is 0.756. The molecule has 3 unspecified atom stereocenters. The van der Waals surface area contributed by atoms with Gasteiger partial charge in [0.2, 0.25) is 0 Å². The van der Waals surface area contributed by atoms with Crippen LogP contribution in [0.5, 0.6) is 0 Å². The molecule has 0 bridgehead atoms. The summed E-state index contributed by atoms with van der Waals surface area (Å²) in [6.45, 7) is 7.14. The minimum atomic E-state index is -2.05. The summed E-state index contributed by atoms with van der Waals surface area (Å²) in [6.07, 6.45) is 2.02. The molecular weight excluding hydrogens is 350 g/mol. The lowest BCUT2D eigenvalue weighted by Crippen LogP contribution is -2.68. The Labute approximate surface area is 158 Å². The highest BCUT2D eigenvalue weighted by molar-refractivity contribution is 6.01. The molecule has 3 nitrogen and oxygen atoms in total. The molecule has 4 rings (SSSR count). The minimum absolute atomic E-state index is 0.0479. The summed E-state index contributed by atoms with van der Waals surface area (Å²) in [6, 6.07) is 0. The Balaban J connectivity index is 1.86. The van der Waals surface area contributed by atoms with E-state index in [4.69, 9.17) is 0 Å². The molecule has 0 heterocycles. The van der Waals surface area contributed by atoms with Crippen molar-refractivity contribution in [2.75, 3.05) is 0 Å². The van der Waals surface area contributed by atoms with E-state index in [-0.39, 0.29) is 47.7 Å². The number of alkyl halides is 2. The Morgan fingerprint density at radius 3 is 2.56 bits per heavy atom. The molecule has 3 saturated carbocycles. The number of Topliss-reactive ketones (excluding diaryl/α,β-unsaturated/α-hetero) is 1. The van der Waals surface area contributed by atoms with Crippen molar-refractivity contribution in [1.82, 2.24) is 0 Å². The van der Waals surface area contributed by atoms with Gasteiger partial charge in [0.25, 0.3) is 0 Å². The standard InChI is InChI=1S/C22H28F2O3/c1-11-7-14-15-9-17(23)16-8-13(26)5-6-21(16,4)22(15,24)18(27)10-20(14,3)19(11)12(2)25/h5-6,8,11,14-15,17-19,27H,7,9-10H2,1-4H3/t11?,14-,15-,17?,18?,19+,20-,21-,22-/m0/s1. The van der Waals surface area contributed by atoms with Crippen molar-refractivity contribution >= 4 is 11.6 Å². The van der Waals surface area contributed by atoms with Gasteiger partial charge in [-0.2, -0.15) is 0 Å². The predicted molar refractivity (Wildman–Crippen MR) is 97.4 cm³/mol. The third-order valence-corrected chi connectivity index (χ3v) is 8.41. The highest BCUT2D eigenvalue weighted by atomic mass is 19.1. The summed E-state index contributed by atoms with van der Waals surface area (Å²) in [5, 5.41) is 11.1. The molecule has 1 N–H and O–H groups in total. The number of hydrogen-bond donors (Lipinski definition) is 1. The smallest absolute Gasteiger partial charge is 0.178 e. The fourth-order valence-corrected chi connectivity index (χ4v) is 7.44. The fourth-order valence-electron chi connectivity index (χ4n) is 7.44. The number of hydrogen-bond acceptors (Lipinski definition) is 3. The van der Waals surface area contributed by atoms with E-state index in [9.17, 15) is 14.7 Å². The van der Waals surface area contributed by atoms with Crippen LogP contribution in [-0.2, 0) is 9.59 Å². The number of aliphatic hydroxyl groups excluding tert-OH is 1. The monoisotopic (exact) mass is 378 g/mol. The van der Waals surface area contributed by atoms with Gasteiger partial charge in [0, 0.05) is 17.3 Å². The number of carbonyl (C=O) groups excluding carboxylic acids is 2. The third-order valence-electron chi connectivity index (χ3n) is 8.41. The summed E-state index contributed by atoms with van der Waals surface area (Å²) in [5.41, 5.74) is -3.78. The Morgan fingerprint density at radius 2 is 1.93 bits per heavy atom. The van der Waals surface area contributed by atoms with Crippen LogP contribution in [0.1, 0.15) is 47.0 Å². The third kappa shape index (κ3) is 2.15.